The van der Waals surface area contributed by atoms with E-state index in [1.807, 2.05) is 0 Å². The molecule has 0 radical (unpaired) electrons. The summed E-state index contributed by atoms with van der Waals surface area (Å²) in [6, 6.07) is 4.20. The molecule has 1 amide bonds. The third-order valence-electron chi connectivity index (χ3n) is 3.99. The van der Waals surface area contributed by atoms with Crippen molar-refractivity contribution in [2.24, 2.45) is 0 Å². The Labute approximate surface area is 206 Å². The number of ether oxygens (including phenoxy) is 2. The normalized spacial score (nSPS) is 12.1. The second-order valence-corrected chi connectivity index (χ2v) is 9.18. The van der Waals surface area contributed by atoms with Crippen LogP contribution < -0.4 is 14.9 Å². The topological polar surface area (TPSA) is 130 Å². The van der Waals surface area contributed by atoms with Crippen LogP contribution in [0.25, 0.3) is 11.4 Å². The average molecular weight is 555 g/mol. The van der Waals surface area contributed by atoms with Gasteiger partial charge in [0.1, 0.15) is 17.2 Å². The monoisotopic (exact) mass is 554 g/mol. The van der Waals surface area contributed by atoms with E-state index in [1.54, 1.807) is 27.7 Å². The van der Waals surface area contributed by atoms with Crippen LogP contribution in [0.4, 0.5) is 13.6 Å². The molecule has 0 aliphatic rings. The second kappa shape index (κ2) is 10.7. The fourth-order valence-electron chi connectivity index (χ4n) is 2.62. The van der Waals surface area contributed by atoms with Crippen molar-refractivity contribution in [2.75, 3.05) is 0 Å². The molecule has 0 aliphatic carbocycles. The minimum Gasteiger partial charge on any atom is -0.444 e. The Hall–Kier alpha value is -3.68. The van der Waals surface area contributed by atoms with Gasteiger partial charge in [0, 0.05) is 27.7 Å². The van der Waals surface area contributed by atoms with Gasteiger partial charge >= 0.3 is 12.1 Å². The molecule has 186 valence electrons. The van der Waals surface area contributed by atoms with Gasteiger partial charge in [0.25, 0.3) is 5.88 Å². The van der Waals surface area contributed by atoms with Crippen LogP contribution in [0.2, 0.25) is 0 Å². The van der Waals surface area contributed by atoms with Crippen molar-refractivity contribution in [3.8, 4) is 23.0 Å². The van der Waals surface area contributed by atoms with Crippen LogP contribution in [-0.2, 0) is 9.53 Å². The van der Waals surface area contributed by atoms with Gasteiger partial charge in [-0.2, -0.15) is 0 Å². The number of halogens is 3. The van der Waals surface area contributed by atoms with Gasteiger partial charge in [-0.1, -0.05) is 5.10 Å². The summed E-state index contributed by atoms with van der Waals surface area (Å²) in [4.78, 5) is 33.1. The molecule has 0 fully saturated rings. The molecule has 1 atom stereocenters. The molecule has 1 N–H and O–H groups in total. The van der Waals surface area contributed by atoms with Gasteiger partial charge in [0.15, 0.2) is 5.82 Å². The highest BCUT2D eigenvalue weighted by Gasteiger charge is 2.21. The van der Waals surface area contributed by atoms with Crippen molar-refractivity contribution >= 4 is 28.0 Å². The number of carbonyl (C=O) groups is 2. The van der Waals surface area contributed by atoms with Gasteiger partial charge in [0.05, 0.1) is 12.0 Å². The minimum atomic E-state index is -0.791. The van der Waals surface area contributed by atoms with E-state index >= 15 is 0 Å². The summed E-state index contributed by atoms with van der Waals surface area (Å²) in [7, 11) is 0. The van der Waals surface area contributed by atoms with E-state index in [0.717, 1.165) is 12.1 Å². The van der Waals surface area contributed by atoms with Crippen molar-refractivity contribution < 1.29 is 32.7 Å². The maximum atomic E-state index is 14.6. The van der Waals surface area contributed by atoms with Crippen molar-refractivity contribution in [3.05, 3.63) is 46.6 Å². The van der Waals surface area contributed by atoms with Crippen molar-refractivity contribution in [2.45, 2.75) is 45.8 Å². The number of aromatic nitrogens is 5. The van der Waals surface area contributed by atoms with E-state index in [-0.39, 0.29) is 29.4 Å². The number of amides is 1. The van der Waals surface area contributed by atoms with E-state index in [4.69, 9.17) is 14.3 Å². The van der Waals surface area contributed by atoms with Gasteiger partial charge in [-0.15, -0.1) is 5.10 Å². The zero-order valence-corrected chi connectivity index (χ0v) is 20.7. The number of hydrogen-bond acceptors (Lipinski definition) is 9. The lowest BCUT2D eigenvalue weighted by molar-refractivity contribution is -0.148. The SMILES string of the molecule is C[C@@H](CC(=O)On1nnc(-c2ccc(Oc3ncc(Br)cc3F)cc2F)n1)NC(=O)OC(C)(C)C. The summed E-state index contributed by atoms with van der Waals surface area (Å²) >= 11 is 3.08. The molecule has 1 aromatic carbocycles. The lowest BCUT2D eigenvalue weighted by Gasteiger charge is -2.21. The number of tetrazole rings is 1. The van der Waals surface area contributed by atoms with Crippen LogP contribution in [0, 0.1) is 11.6 Å². The Morgan fingerprint density at radius 1 is 1.20 bits per heavy atom. The van der Waals surface area contributed by atoms with Crippen LogP contribution in [0.5, 0.6) is 11.6 Å². The highest BCUT2D eigenvalue weighted by molar-refractivity contribution is 9.10. The predicted octanol–water partition coefficient (Wildman–Crippen LogP) is 3.83. The van der Waals surface area contributed by atoms with E-state index in [1.165, 1.54) is 18.3 Å². The van der Waals surface area contributed by atoms with E-state index in [0.29, 0.717) is 9.43 Å². The van der Waals surface area contributed by atoms with Crippen LogP contribution in [0.1, 0.15) is 34.1 Å². The number of hydrogen-bond donors (Lipinski definition) is 1. The smallest absolute Gasteiger partial charge is 0.407 e. The molecular weight excluding hydrogens is 534 g/mol. The predicted molar refractivity (Wildman–Crippen MR) is 120 cm³/mol. The molecule has 14 heteroatoms. The fourth-order valence-corrected chi connectivity index (χ4v) is 2.92. The Bertz CT molecular complexity index is 1230. The first-order chi connectivity index (χ1) is 16.4. The summed E-state index contributed by atoms with van der Waals surface area (Å²) < 4.78 is 39.3. The van der Waals surface area contributed by atoms with Crippen LogP contribution in [0.3, 0.4) is 0 Å². The number of pyridine rings is 1. The second-order valence-electron chi connectivity index (χ2n) is 8.26. The van der Waals surface area contributed by atoms with E-state index in [2.05, 4.69) is 41.6 Å². The van der Waals surface area contributed by atoms with E-state index in [9.17, 15) is 18.4 Å². The first-order valence-electron chi connectivity index (χ1n) is 10.2. The van der Waals surface area contributed by atoms with Crippen molar-refractivity contribution in [1.82, 2.24) is 30.7 Å². The lowest BCUT2D eigenvalue weighted by atomic mass is 10.2. The molecule has 0 bridgehead atoms. The minimum absolute atomic E-state index is 0.00901. The zero-order chi connectivity index (χ0) is 25.8. The fraction of sp³-hybridized carbons (Fsp3) is 0.333. The molecule has 11 nitrogen and oxygen atoms in total. The van der Waals surface area contributed by atoms with Gasteiger partial charge in [0.2, 0.25) is 5.82 Å². The molecule has 35 heavy (non-hydrogen) atoms. The molecule has 3 aromatic rings. The third kappa shape index (κ3) is 7.67. The number of rotatable bonds is 7. The summed E-state index contributed by atoms with van der Waals surface area (Å²) in [5.74, 6) is -2.80. The summed E-state index contributed by atoms with van der Waals surface area (Å²) in [6.07, 6.45) is 0.443. The Balaban J connectivity index is 1.59. The summed E-state index contributed by atoms with van der Waals surface area (Å²) in [6.45, 7) is 6.72. The maximum Gasteiger partial charge on any atom is 0.407 e. The number of carbonyl (C=O) groups excluding carboxylic acids is 2. The highest BCUT2D eigenvalue weighted by Crippen LogP contribution is 2.28. The summed E-state index contributed by atoms with van der Waals surface area (Å²) in [5, 5.41) is 13.5. The zero-order valence-electron chi connectivity index (χ0n) is 19.1. The van der Waals surface area contributed by atoms with Crippen LogP contribution in [-0.4, -0.2) is 49.1 Å². The maximum absolute atomic E-state index is 14.6. The molecule has 0 spiro atoms. The number of benzene rings is 1. The lowest BCUT2D eigenvalue weighted by Crippen LogP contribution is -2.39. The van der Waals surface area contributed by atoms with Crippen molar-refractivity contribution in [3.63, 3.8) is 0 Å². The molecule has 2 aromatic heterocycles. The molecule has 0 saturated heterocycles. The van der Waals surface area contributed by atoms with Gasteiger partial charge in [-0.05, 0) is 67.0 Å². The quantitative estimate of drug-likeness (QED) is 0.433. The van der Waals surface area contributed by atoms with Gasteiger partial charge < -0.3 is 19.6 Å². The first-order valence-corrected chi connectivity index (χ1v) is 11.0. The molecular formula is C21H21BrF2N6O5. The Morgan fingerprint density at radius 2 is 1.94 bits per heavy atom. The van der Waals surface area contributed by atoms with Gasteiger partial charge in [-0.3, -0.25) is 0 Å². The van der Waals surface area contributed by atoms with E-state index < -0.39 is 35.3 Å². The first kappa shape index (κ1) is 25.9. The highest BCUT2D eigenvalue weighted by atomic mass is 79.9. The average Bonchev–Trinajstić information content (AvgIpc) is 3.16. The Kier molecular flexibility index (Phi) is 7.94. The van der Waals surface area contributed by atoms with Gasteiger partial charge in [-0.25, -0.2) is 23.4 Å². The standard InChI is InChI=1S/C21H21BrF2N6O5/c1-11(26-20(32)34-21(2,3)4)7-17(31)35-30-28-18(27-29-30)14-6-5-13(9-15(14)23)33-19-16(24)8-12(22)10-25-19/h5-6,8-11H,7H2,1-4H3,(H,26,32)/t11-/m0/s1. The van der Waals surface area contributed by atoms with Crippen LogP contribution >= 0.6 is 15.9 Å². The number of nitrogens with one attached hydrogen (secondary N) is 1. The molecule has 2 heterocycles. The molecule has 0 unspecified atom stereocenters. The number of alkyl carbamates (subject to hydrolysis) is 1. The largest absolute Gasteiger partial charge is 0.444 e. The summed E-state index contributed by atoms with van der Waals surface area (Å²) in [5.41, 5.74) is -0.749. The molecule has 0 aliphatic heterocycles. The number of nitrogens with zero attached hydrogens (tertiary/aromatic N) is 5. The Morgan fingerprint density at radius 3 is 2.60 bits per heavy atom. The molecule has 3 rings (SSSR count). The molecule has 0 saturated carbocycles. The third-order valence-corrected chi connectivity index (χ3v) is 4.42. The van der Waals surface area contributed by atoms with Crippen molar-refractivity contribution in [1.29, 1.82) is 0 Å². The van der Waals surface area contributed by atoms with Crippen LogP contribution in [0.15, 0.2) is 34.9 Å².